The third kappa shape index (κ3) is 4.90. The van der Waals surface area contributed by atoms with Crippen molar-refractivity contribution in [3.63, 3.8) is 0 Å². The first-order valence-electron chi connectivity index (χ1n) is 8.26. The zero-order valence-corrected chi connectivity index (χ0v) is 14.9. The van der Waals surface area contributed by atoms with E-state index in [2.05, 4.69) is 4.98 Å². The number of nitrogens with zero attached hydrogens (tertiary/aromatic N) is 2. The number of carbonyl (C=O) groups is 1. The maximum atomic E-state index is 12.8. The number of hydrogen-bond donors (Lipinski definition) is 1. The highest BCUT2D eigenvalue weighted by Crippen LogP contribution is 2.21. The van der Waals surface area contributed by atoms with E-state index >= 15 is 0 Å². The highest BCUT2D eigenvalue weighted by atomic mass is 16.3. The molecule has 1 amide bonds. The summed E-state index contributed by atoms with van der Waals surface area (Å²) in [4.78, 5) is 18.6. The summed E-state index contributed by atoms with van der Waals surface area (Å²) in [5.41, 5.74) is 2.03. The van der Waals surface area contributed by atoms with E-state index in [1.807, 2.05) is 50.4 Å². The molecule has 0 fully saturated rings. The molecule has 0 saturated carbocycles. The Balaban J connectivity index is 2.11. The number of aryl methyl sites for hydroxylation is 1. The van der Waals surface area contributed by atoms with Gasteiger partial charge in [-0.25, -0.2) is 0 Å². The van der Waals surface area contributed by atoms with Crippen LogP contribution < -0.4 is 0 Å². The lowest BCUT2D eigenvalue weighted by atomic mass is 9.97. The molecule has 24 heavy (non-hydrogen) atoms. The summed E-state index contributed by atoms with van der Waals surface area (Å²) in [7, 11) is 1.81. The maximum absolute atomic E-state index is 12.8. The van der Waals surface area contributed by atoms with Gasteiger partial charge < -0.3 is 10.0 Å². The van der Waals surface area contributed by atoms with Gasteiger partial charge in [0.25, 0.3) is 5.91 Å². The predicted octanol–water partition coefficient (Wildman–Crippen LogP) is 3.62. The molecule has 1 N–H and O–H groups in total. The Labute approximate surface area is 144 Å². The molecule has 1 unspecified atom stereocenters. The second kappa shape index (κ2) is 7.58. The molecule has 0 aliphatic carbocycles. The zero-order chi connectivity index (χ0) is 17.7. The van der Waals surface area contributed by atoms with Gasteiger partial charge in [0.15, 0.2) is 0 Å². The Bertz CT molecular complexity index is 678. The molecule has 1 atom stereocenters. The van der Waals surface area contributed by atoms with Crippen molar-refractivity contribution in [1.29, 1.82) is 0 Å². The minimum absolute atomic E-state index is 0.0172. The summed E-state index contributed by atoms with van der Waals surface area (Å²) < 4.78 is 0. The van der Waals surface area contributed by atoms with Gasteiger partial charge >= 0.3 is 0 Å². The van der Waals surface area contributed by atoms with E-state index in [0.717, 1.165) is 17.5 Å². The SMILES string of the molecule is CC(c1cccnc1)N(C)C(=O)c1cccc(CCC(C)(C)O)c1. The van der Waals surface area contributed by atoms with Gasteiger partial charge in [-0.1, -0.05) is 18.2 Å². The van der Waals surface area contributed by atoms with Crippen molar-refractivity contribution in [2.75, 3.05) is 7.05 Å². The Morgan fingerprint density at radius 1 is 1.29 bits per heavy atom. The summed E-state index contributed by atoms with van der Waals surface area (Å²) in [5.74, 6) is -0.0172. The topological polar surface area (TPSA) is 53.4 Å². The fourth-order valence-corrected chi connectivity index (χ4v) is 2.54. The lowest BCUT2D eigenvalue weighted by Gasteiger charge is -2.25. The van der Waals surface area contributed by atoms with Crippen LogP contribution in [-0.4, -0.2) is 33.5 Å². The standard InChI is InChI=1S/C20H26N2O2/c1-15(18-9-6-12-21-14-18)22(4)19(23)17-8-5-7-16(13-17)10-11-20(2,3)24/h5-9,12-15,24H,10-11H2,1-4H3. The molecule has 2 rings (SSSR count). The van der Waals surface area contributed by atoms with E-state index in [0.29, 0.717) is 12.0 Å². The fraction of sp³-hybridized carbons (Fsp3) is 0.400. The average Bonchev–Trinajstić information content (AvgIpc) is 2.58. The highest BCUT2D eigenvalue weighted by Gasteiger charge is 2.19. The van der Waals surface area contributed by atoms with Crippen molar-refractivity contribution in [3.05, 3.63) is 65.5 Å². The first-order chi connectivity index (χ1) is 11.3. The minimum Gasteiger partial charge on any atom is -0.390 e. The second-order valence-electron chi connectivity index (χ2n) is 6.89. The van der Waals surface area contributed by atoms with E-state index in [4.69, 9.17) is 0 Å². The van der Waals surface area contributed by atoms with Crippen molar-refractivity contribution in [1.82, 2.24) is 9.88 Å². The first-order valence-corrected chi connectivity index (χ1v) is 8.26. The lowest BCUT2D eigenvalue weighted by Crippen LogP contribution is -2.29. The van der Waals surface area contributed by atoms with Gasteiger partial charge in [-0.2, -0.15) is 0 Å². The molecule has 0 aliphatic heterocycles. The maximum Gasteiger partial charge on any atom is 0.254 e. The summed E-state index contributed by atoms with van der Waals surface area (Å²) in [6, 6.07) is 11.4. The van der Waals surface area contributed by atoms with Crippen molar-refractivity contribution in [2.24, 2.45) is 0 Å². The van der Waals surface area contributed by atoms with Crippen LogP contribution in [-0.2, 0) is 6.42 Å². The molecule has 0 aliphatic rings. The monoisotopic (exact) mass is 326 g/mol. The molecule has 0 bridgehead atoms. The van der Waals surface area contributed by atoms with Gasteiger partial charge in [0.2, 0.25) is 0 Å². The van der Waals surface area contributed by atoms with Crippen LogP contribution in [0.15, 0.2) is 48.8 Å². The molecular weight excluding hydrogens is 300 g/mol. The number of pyridine rings is 1. The van der Waals surface area contributed by atoms with Gasteiger partial charge in [-0.05, 0) is 62.9 Å². The van der Waals surface area contributed by atoms with E-state index in [1.165, 1.54) is 0 Å². The van der Waals surface area contributed by atoms with Crippen LogP contribution >= 0.6 is 0 Å². The van der Waals surface area contributed by atoms with Gasteiger partial charge in [-0.3, -0.25) is 9.78 Å². The molecular formula is C20H26N2O2. The number of carbonyl (C=O) groups excluding carboxylic acids is 1. The Morgan fingerprint density at radius 3 is 2.67 bits per heavy atom. The largest absolute Gasteiger partial charge is 0.390 e. The van der Waals surface area contributed by atoms with Crippen LogP contribution in [0, 0.1) is 0 Å². The van der Waals surface area contributed by atoms with Crippen LogP contribution in [0.3, 0.4) is 0 Å². The number of aromatic nitrogens is 1. The third-order valence-corrected chi connectivity index (χ3v) is 4.27. The van der Waals surface area contributed by atoms with Crippen molar-refractivity contribution in [3.8, 4) is 0 Å². The zero-order valence-electron chi connectivity index (χ0n) is 14.9. The van der Waals surface area contributed by atoms with Crippen molar-refractivity contribution < 1.29 is 9.90 Å². The van der Waals surface area contributed by atoms with Crippen LogP contribution in [0.5, 0.6) is 0 Å². The molecule has 0 radical (unpaired) electrons. The highest BCUT2D eigenvalue weighted by molar-refractivity contribution is 5.94. The van der Waals surface area contributed by atoms with Gasteiger partial charge in [0, 0.05) is 25.0 Å². The van der Waals surface area contributed by atoms with E-state index in [-0.39, 0.29) is 11.9 Å². The predicted molar refractivity (Wildman–Crippen MR) is 95.8 cm³/mol. The Hall–Kier alpha value is -2.20. The Morgan fingerprint density at radius 2 is 2.04 bits per heavy atom. The molecule has 1 aromatic carbocycles. The van der Waals surface area contributed by atoms with Gasteiger partial charge in [-0.15, -0.1) is 0 Å². The molecule has 1 heterocycles. The number of amides is 1. The lowest BCUT2D eigenvalue weighted by molar-refractivity contribution is 0.0714. The fourth-order valence-electron chi connectivity index (χ4n) is 2.54. The summed E-state index contributed by atoms with van der Waals surface area (Å²) in [6.45, 7) is 5.59. The number of rotatable bonds is 6. The van der Waals surface area contributed by atoms with E-state index in [1.54, 1.807) is 31.1 Å². The molecule has 2 aromatic rings. The molecule has 4 nitrogen and oxygen atoms in total. The van der Waals surface area contributed by atoms with Crippen molar-refractivity contribution in [2.45, 2.75) is 45.3 Å². The number of benzene rings is 1. The second-order valence-corrected chi connectivity index (χ2v) is 6.89. The number of aliphatic hydroxyl groups is 1. The van der Waals surface area contributed by atoms with Crippen LogP contribution in [0.25, 0.3) is 0 Å². The quantitative estimate of drug-likeness (QED) is 0.882. The van der Waals surface area contributed by atoms with E-state index in [9.17, 15) is 9.90 Å². The molecule has 0 spiro atoms. The number of hydrogen-bond acceptors (Lipinski definition) is 3. The minimum atomic E-state index is -0.703. The normalized spacial score (nSPS) is 12.7. The molecule has 0 saturated heterocycles. The summed E-state index contributed by atoms with van der Waals surface area (Å²) in [6.07, 6.45) is 4.91. The van der Waals surface area contributed by atoms with Gasteiger partial charge in [0.05, 0.1) is 11.6 Å². The Kier molecular flexibility index (Phi) is 5.73. The first kappa shape index (κ1) is 18.1. The summed E-state index contributed by atoms with van der Waals surface area (Å²) >= 11 is 0. The average molecular weight is 326 g/mol. The van der Waals surface area contributed by atoms with Crippen LogP contribution in [0.4, 0.5) is 0 Å². The third-order valence-electron chi connectivity index (χ3n) is 4.27. The smallest absolute Gasteiger partial charge is 0.254 e. The van der Waals surface area contributed by atoms with E-state index < -0.39 is 5.60 Å². The molecule has 128 valence electrons. The van der Waals surface area contributed by atoms with Crippen molar-refractivity contribution >= 4 is 5.91 Å². The summed E-state index contributed by atoms with van der Waals surface area (Å²) in [5, 5.41) is 9.86. The molecule has 1 aromatic heterocycles. The molecule has 4 heteroatoms. The van der Waals surface area contributed by atoms with Gasteiger partial charge in [0.1, 0.15) is 0 Å². The van der Waals surface area contributed by atoms with Crippen LogP contribution in [0.2, 0.25) is 0 Å². The van der Waals surface area contributed by atoms with Crippen LogP contribution in [0.1, 0.15) is 54.7 Å².